The highest BCUT2D eigenvalue weighted by Gasteiger charge is 2.31. The monoisotopic (exact) mass is 536 g/mol. The van der Waals surface area contributed by atoms with Gasteiger partial charge in [0.25, 0.3) is 0 Å². The topological polar surface area (TPSA) is 107 Å². The molecule has 0 unspecified atom stereocenters. The maximum Gasteiger partial charge on any atom is 0.333 e. The average molecular weight is 537 g/mol. The van der Waals surface area contributed by atoms with Crippen molar-refractivity contribution in [2.24, 2.45) is 11.8 Å². The number of aliphatic hydroxyl groups excluding tert-OH is 3. The Labute approximate surface area is 233 Å². The van der Waals surface area contributed by atoms with Gasteiger partial charge in [0, 0.05) is 17.9 Å². The fraction of sp³-hybridized carbons (Fsp3) is 0.424. The summed E-state index contributed by atoms with van der Waals surface area (Å²) >= 11 is 0. The van der Waals surface area contributed by atoms with Gasteiger partial charge in [-0.1, -0.05) is 86.7 Å². The Morgan fingerprint density at radius 2 is 1.69 bits per heavy atom. The number of aromatic hydroxyl groups is 1. The standard InChI is InChI=1S/C33H44O6/c1-23-13-11-15-24(2)30(36)18-10-8-6-5-7-9-14-25(3)33(38)39-31(22-29(35)20-19-23)26(4)32(37)27-16-12-17-28(34)21-27/h5-17,21,23,26,29-32,34-37H,18-20,22H2,1-4H3/b6-5-,9-7-,10-8+,13-11+,24-15+,25-14+/t23-,26+,29-,30+,31-,32+/m0/s1. The van der Waals surface area contributed by atoms with E-state index in [4.69, 9.17) is 4.74 Å². The Balaban J connectivity index is 2.28. The van der Waals surface area contributed by atoms with Crippen LogP contribution in [0.5, 0.6) is 5.75 Å². The van der Waals surface area contributed by atoms with Crippen molar-refractivity contribution in [1.82, 2.24) is 0 Å². The third-order valence-electron chi connectivity index (χ3n) is 6.95. The van der Waals surface area contributed by atoms with Gasteiger partial charge in [0.05, 0.1) is 18.3 Å². The van der Waals surface area contributed by atoms with E-state index < -0.39 is 36.3 Å². The van der Waals surface area contributed by atoms with Gasteiger partial charge >= 0.3 is 5.97 Å². The van der Waals surface area contributed by atoms with Crippen LogP contribution in [0.25, 0.3) is 0 Å². The largest absolute Gasteiger partial charge is 0.508 e. The molecule has 0 amide bonds. The molecule has 0 spiro atoms. The smallest absolute Gasteiger partial charge is 0.333 e. The Morgan fingerprint density at radius 3 is 2.44 bits per heavy atom. The fourth-order valence-corrected chi connectivity index (χ4v) is 4.19. The van der Waals surface area contributed by atoms with Crippen molar-refractivity contribution >= 4 is 5.97 Å². The van der Waals surface area contributed by atoms with Crippen LogP contribution < -0.4 is 0 Å². The minimum absolute atomic E-state index is 0.0370. The molecule has 1 aromatic carbocycles. The summed E-state index contributed by atoms with van der Waals surface area (Å²) < 4.78 is 5.83. The molecule has 0 saturated carbocycles. The molecular formula is C33H44O6. The maximum absolute atomic E-state index is 12.9. The van der Waals surface area contributed by atoms with Gasteiger partial charge in [-0.05, 0) is 62.3 Å². The number of ether oxygens (including phenoxy) is 1. The van der Waals surface area contributed by atoms with E-state index in [0.717, 1.165) is 12.0 Å². The van der Waals surface area contributed by atoms with E-state index in [1.54, 1.807) is 44.2 Å². The summed E-state index contributed by atoms with van der Waals surface area (Å²) in [5, 5.41) is 42.1. The lowest BCUT2D eigenvalue weighted by molar-refractivity contribution is -0.151. The van der Waals surface area contributed by atoms with Gasteiger partial charge in [0.2, 0.25) is 0 Å². The molecule has 0 saturated heterocycles. The summed E-state index contributed by atoms with van der Waals surface area (Å²) in [7, 11) is 0. The predicted octanol–water partition coefficient (Wildman–Crippen LogP) is 6.02. The second-order valence-corrected chi connectivity index (χ2v) is 10.4. The van der Waals surface area contributed by atoms with Crippen LogP contribution in [0.2, 0.25) is 0 Å². The number of hydrogen-bond donors (Lipinski definition) is 4. The van der Waals surface area contributed by atoms with Crippen LogP contribution in [-0.2, 0) is 9.53 Å². The molecule has 0 radical (unpaired) electrons. The van der Waals surface area contributed by atoms with E-state index in [2.05, 4.69) is 6.92 Å². The summed E-state index contributed by atoms with van der Waals surface area (Å²) in [5.74, 6) is -0.830. The second kappa shape index (κ2) is 16.7. The van der Waals surface area contributed by atoms with Crippen molar-refractivity contribution in [3.8, 4) is 5.75 Å². The van der Waals surface area contributed by atoms with Crippen LogP contribution in [0.3, 0.4) is 0 Å². The third kappa shape index (κ3) is 11.6. The average Bonchev–Trinajstić information content (AvgIpc) is 2.91. The molecule has 2 rings (SSSR count). The van der Waals surface area contributed by atoms with Crippen LogP contribution in [0.1, 0.15) is 65.0 Å². The molecule has 0 aliphatic carbocycles. The van der Waals surface area contributed by atoms with Crippen LogP contribution in [0.15, 0.2) is 96.2 Å². The van der Waals surface area contributed by atoms with Gasteiger partial charge in [-0.15, -0.1) is 0 Å². The SMILES string of the molecule is C\C1=C/C=C\C=C/C=C/C[C@@H](O)/C(C)=C/C=C/[C@H](C)CC[C@H](O)C[C@@H]([C@@H](C)[C@@H](O)c2cccc(O)c2)OC1=O. The number of carbonyl (C=O) groups excluding carboxylic acids is 1. The lowest BCUT2D eigenvalue weighted by atomic mass is 9.88. The van der Waals surface area contributed by atoms with Crippen molar-refractivity contribution in [3.05, 3.63) is 102 Å². The van der Waals surface area contributed by atoms with Crippen LogP contribution in [0.4, 0.5) is 0 Å². The highest BCUT2D eigenvalue weighted by molar-refractivity contribution is 5.88. The number of cyclic esters (lactones) is 1. The summed E-state index contributed by atoms with van der Waals surface area (Å²) in [6, 6.07) is 6.36. The van der Waals surface area contributed by atoms with Crippen molar-refractivity contribution < 1.29 is 30.0 Å². The number of aliphatic hydroxyl groups is 3. The molecule has 39 heavy (non-hydrogen) atoms. The third-order valence-corrected chi connectivity index (χ3v) is 6.95. The quantitative estimate of drug-likeness (QED) is 0.352. The predicted molar refractivity (Wildman–Crippen MR) is 156 cm³/mol. The first-order valence-electron chi connectivity index (χ1n) is 13.6. The molecule has 1 aromatic rings. The Kier molecular flexibility index (Phi) is 13.7. The van der Waals surface area contributed by atoms with E-state index in [1.807, 2.05) is 49.5 Å². The minimum Gasteiger partial charge on any atom is -0.508 e. The van der Waals surface area contributed by atoms with Gasteiger partial charge in [0.1, 0.15) is 11.9 Å². The molecule has 6 heteroatoms. The zero-order valence-corrected chi connectivity index (χ0v) is 23.5. The molecule has 1 aliphatic heterocycles. The number of carbonyl (C=O) groups is 1. The molecular weight excluding hydrogens is 492 g/mol. The highest BCUT2D eigenvalue weighted by atomic mass is 16.5. The number of esters is 1. The number of allylic oxidation sites excluding steroid dienone is 9. The van der Waals surface area contributed by atoms with Crippen LogP contribution >= 0.6 is 0 Å². The number of benzene rings is 1. The van der Waals surface area contributed by atoms with Crippen molar-refractivity contribution in [1.29, 1.82) is 0 Å². The molecule has 1 heterocycles. The fourth-order valence-electron chi connectivity index (χ4n) is 4.19. The van der Waals surface area contributed by atoms with Gasteiger partial charge in [-0.3, -0.25) is 0 Å². The zero-order valence-electron chi connectivity index (χ0n) is 23.5. The maximum atomic E-state index is 12.9. The molecule has 4 N–H and O–H groups in total. The van der Waals surface area contributed by atoms with Gasteiger partial charge < -0.3 is 25.2 Å². The Morgan fingerprint density at radius 1 is 0.974 bits per heavy atom. The van der Waals surface area contributed by atoms with E-state index in [0.29, 0.717) is 24.0 Å². The normalized spacial score (nSPS) is 31.9. The molecule has 0 bridgehead atoms. The molecule has 6 atom stereocenters. The van der Waals surface area contributed by atoms with Crippen molar-refractivity contribution in [2.45, 2.75) is 77.8 Å². The minimum atomic E-state index is -1.00. The molecule has 0 fully saturated rings. The van der Waals surface area contributed by atoms with Gasteiger partial charge in [-0.25, -0.2) is 4.79 Å². The number of phenolic OH excluding ortho intramolecular Hbond substituents is 1. The zero-order chi connectivity index (χ0) is 28.8. The van der Waals surface area contributed by atoms with Crippen molar-refractivity contribution in [3.63, 3.8) is 0 Å². The van der Waals surface area contributed by atoms with Gasteiger partial charge in [-0.2, -0.15) is 0 Å². The van der Waals surface area contributed by atoms with Gasteiger partial charge in [0.15, 0.2) is 0 Å². The molecule has 212 valence electrons. The summed E-state index contributed by atoms with van der Waals surface area (Å²) in [5.41, 5.74) is 1.77. The van der Waals surface area contributed by atoms with E-state index in [-0.39, 0.29) is 18.1 Å². The van der Waals surface area contributed by atoms with Crippen LogP contribution in [0, 0.1) is 11.8 Å². The first-order valence-corrected chi connectivity index (χ1v) is 13.6. The number of phenols is 1. The highest BCUT2D eigenvalue weighted by Crippen LogP contribution is 2.31. The second-order valence-electron chi connectivity index (χ2n) is 10.4. The van der Waals surface area contributed by atoms with E-state index in [1.165, 1.54) is 12.1 Å². The van der Waals surface area contributed by atoms with Crippen molar-refractivity contribution in [2.75, 3.05) is 0 Å². The summed E-state index contributed by atoms with van der Waals surface area (Å²) in [6.45, 7) is 7.39. The number of rotatable bonds is 3. The molecule has 6 nitrogen and oxygen atoms in total. The first-order chi connectivity index (χ1) is 18.6. The number of hydrogen-bond acceptors (Lipinski definition) is 6. The molecule has 0 aromatic heterocycles. The van der Waals surface area contributed by atoms with Crippen LogP contribution in [-0.4, -0.2) is 44.7 Å². The summed E-state index contributed by atoms with van der Waals surface area (Å²) in [6.07, 6.45) is 17.3. The van der Waals surface area contributed by atoms with E-state index in [9.17, 15) is 25.2 Å². The first kappa shape index (κ1) is 32.0. The summed E-state index contributed by atoms with van der Waals surface area (Å²) in [4.78, 5) is 12.9. The Hall–Kier alpha value is -3.19. The lowest BCUT2D eigenvalue weighted by Crippen LogP contribution is -2.33. The lowest BCUT2D eigenvalue weighted by Gasteiger charge is -2.30. The molecule has 1 aliphatic rings. The van der Waals surface area contributed by atoms with E-state index >= 15 is 0 Å². The Bertz CT molecular complexity index is 1090.